The van der Waals surface area contributed by atoms with Crippen LogP contribution in [-0.4, -0.2) is 50.8 Å². The van der Waals surface area contributed by atoms with E-state index < -0.39 is 28.0 Å². The number of piperidine rings is 1. The van der Waals surface area contributed by atoms with Crippen LogP contribution in [0.1, 0.15) is 84.2 Å². The maximum Gasteiger partial charge on any atom is 0.360 e. The zero-order valence-electron chi connectivity index (χ0n) is 25.5. The first-order valence-electron chi connectivity index (χ1n) is 14.6. The van der Waals surface area contributed by atoms with Gasteiger partial charge in [-0.1, -0.05) is 41.4 Å². The molecule has 0 radical (unpaired) electrons. The summed E-state index contributed by atoms with van der Waals surface area (Å²) >= 11 is 11.4. The third-order valence-electron chi connectivity index (χ3n) is 8.46. The maximum absolute atomic E-state index is 13.4. The molecule has 3 N–H and O–H groups in total. The Hall–Kier alpha value is -2.89. The lowest BCUT2D eigenvalue weighted by Crippen LogP contribution is -2.50. The van der Waals surface area contributed by atoms with Gasteiger partial charge in [0.05, 0.1) is 34.1 Å². The Balaban J connectivity index is 1.49. The molecule has 2 atom stereocenters. The molecule has 2 aliphatic rings. The molecule has 1 aliphatic carbocycles. The van der Waals surface area contributed by atoms with Gasteiger partial charge in [-0.05, 0) is 83.2 Å². The van der Waals surface area contributed by atoms with Gasteiger partial charge in [-0.3, -0.25) is 4.79 Å². The van der Waals surface area contributed by atoms with E-state index in [1.165, 1.54) is 0 Å². The number of aryl methyl sites for hydroxylation is 1. The molecule has 1 aliphatic heterocycles. The highest BCUT2D eigenvalue weighted by atomic mass is 35.5. The zero-order valence-corrected chi connectivity index (χ0v) is 27.8. The summed E-state index contributed by atoms with van der Waals surface area (Å²) in [5.41, 5.74) is 9.61. The van der Waals surface area contributed by atoms with Gasteiger partial charge in [-0.2, -0.15) is 0 Å². The van der Waals surface area contributed by atoms with Gasteiger partial charge in [0.25, 0.3) is 0 Å². The van der Waals surface area contributed by atoms with Crippen molar-refractivity contribution in [2.75, 3.05) is 24.6 Å². The van der Waals surface area contributed by atoms with Gasteiger partial charge in [-0.15, -0.1) is 4.72 Å². The second-order valence-electron chi connectivity index (χ2n) is 12.4. The number of carbonyl (C=O) groups excluding carboxylic acids is 2. The molecule has 1 aromatic heterocycles. The molecule has 0 unspecified atom stereocenters. The van der Waals surface area contributed by atoms with Crippen LogP contribution in [0.4, 0.5) is 5.82 Å². The summed E-state index contributed by atoms with van der Waals surface area (Å²) in [7, 11) is 0. The average Bonchev–Trinajstić information content (AvgIpc) is 3.26. The Kier molecular flexibility index (Phi) is 9.22. The highest BCUT2D eigenvalue weighted by Gasteiger charge is 2.51. The number of rotatable bonds is 7. The number of carbonyl (C=O) groups is 2. The van der Waals surface area contributed by atoms with E-state index in [4.69, 9.17) is 43.6 Å². The molecule has 9 nitrogen and oxygen atoms in total. The van der Waals surface area contributed by atoms with E-state index in [9.17, 15) is 14.1 Å². The maximum atomic E-state index is 13.4. The van der Waals surface area contributed by atoms with Crippen molar-refractivity contribution in [3.63, 3.8) is 0 Å². The van der Waals surface area contributed by atoms with E-state index >= 15 is 0 Å². The molecule has 234 valence electrons. The van der Waals surface area contributed by atoms with Gasteiger partial charge in [0.15, 0.2) is 11.5 Å². The summed E-state index contributed by atoms with van der Waals surface area (Å²) in [5, 5.41) is 0.713. The molecule has 12 heteroatoms. The molecule has 1 fully saturated rings. The predicted octanol–water partition coefficient (Wildman–Crippen LogP) is 5.97. The molecule has 0 bridgehead atoms. The van der Waals surface area contributed by atoms with Gasteiger partial charge in [0.2, 0.25) is 5.91 Å². The van der Waals surface area contributed by atoms with Gasteiger partial charge in [-0.25, -0.2) is 14.8 Å². The Bertz CT molecular complexity index is 1600. The van der Waals surface area contributed by atoms with Crippen LogP contribution < -0.4 is 15.4 Å². The lowest BCUT2D eigenvalue weighted by Gasteiger charge is -2.44. The molecule has 1 spiro atoms. The third-order valence-corrected chi connectivity index (χ3v) is 10.8. The van der Waals surface area contributed by atoms with Crippen molar-refractivity contribution in [2.45, 2.75) is 64.7 Å². The third kappa shape index (κ3) is 6.15. The molecular formula is C32H37Cl2N5O4S. The zero-order chi connectivity index (χ0) is 32.0. The van der Waals surface area contributed by atoms with Gasteiger partial charge in [0, 0.05) is 41.0 Å². The van der Waals surface area contributed by atoms with Crippen molar-refractivity contribution in [2.24, 2.45) is 11.1 Å². The molecule has 0 saturated carbocycles. The van der Waals surface area contributed by atoms with Gasteiger partial charge in [0.1, 0.15) is 4.75 Å². The first kappa shape index (κ1) is 32.5. The lowest BCUT2D eigenvalue weighted by molar-refractivity contribution is 0.0519. The minimum absolute atomic E-state index is 0.115. The number of nitrogens with one attached hydrogen (secondary N) is 1. The fourth-order valence-electron chi connectivity index (χ4n) is 6.10. The van der Waals surface area contributed by atoms with E-state index in [1.54, 1.807) is 31.2 Å². The number of amides is 1. The van der Waals surface area contributed by atoms with Crippen molar-refractivity contribution in [1.29, 1.82) is 0 Å². The number of benzene rings is 2. The Morgan fingerprint density at radius 1 is 1.18 bits per heavy atom. The number of nitrogens with zero attached hydrogens (tertiary/aromatic N) is 3. The highest BCUT2D eigenvalue weighted by molar-refractivity contribution is 7.90. The Morgan fingerprint density at radius 3 is 2.52 bits per heavy atom. The van der Waals surface area contributed by atoms with Crippen LogP contribution in [0.5, 0.6) is 0 Å². The molecule has 5 rings (SSSR count). The summed E-state index contributed by atoms with van der Waals surface area (Å²) in [6, 6.07) is 10.6. The smallest absolute Gasteiger partial charge is 0.360 e. The summed E-state index contributed by atoms with van der Waals surface area (Å²) in [6.45, 7) is 10.7. The number of esters is 1. The van der Waals surface area contributed by atoms with Crippen LogP contribution in [0.3, 0.4) is 0 Å². The minimum atomic E-state index is -1.35. The standard InChI is InChI=1S/C32H37Cl2N5O4S/c1-6-43-30(41)26-29(36-18(2)25(37-26)21-8-7-9-23(33)24(21)34)39-14-12-32(13-15-39)17-20-11-10-19(28(35)40)16-22(20)27(32)38-44(42)31(3,4)5/h7-11,16,27,38H,6,12-15,17H2,1-5H3,(H2,35,40)/t27-,44-/m1/s1. The molecule has 1 saturated heterocycles. The Labute approximate surface area is 271 Å². The van der Waals surface area contributed by atoms with Crippen molar-refractivity contribution < 1.29 is 18.9 Å². The number of anilines is 1. The summed E-state index contributed by atoms with van der Waals surface area (Å²) in [5.74, 6) is -0.615. The van der Waals surface area contributed by atoms with Crippen LogP contribution in [0.25, 0.3) is 11.3 Å². The quantitative estimate of drug-likeness (QED) is 0.234. The minimum Gasteiger partial charge on any atom is -0.598 e. The van der Waals surface area contributed by atoms with Crippen LogP contribution in [0.15, 0.2) is 36.4 Å². The average molecular weight is 659 g/mol. The molecule has 44 heavy (non-hydrogen) atoms. The van der Waals surface area contributed by atoms with E-state index in [0.29, 0.717) is 51.5 Å². The van der Waals surface area contributed by atoms with Crippen molar-refractivity contribution in [1.82, 2.24) is 14.7 Å². The molecule has 1 amide bonds. The summed E-state index contributed by atoms with van der Waals surface area (Å²) in [4.78, 5) is 36.9. The number of fused-ring (bicyclic) bond motifs is 1. The number of aromatic nitrogens is 2. The van der Waals surface area contributed by atoms with Gasteiger partial charge < -0.3 is 19.9 Å². The van der Waals surface area contributed by atoms with Crippen molar-refractivity contribution >= 4 is 52.3 Å². The number of hydrogen-bond donors (Lipinski definition) is 2. The number of nitrogens with two attached hydrogens (primary N) is 1. The molecule has 2 heterocycles. The summed E-state index contributed by atoms with van der Waals surface area (Å²) < 4.78 is 21.7. The molecule has 3 aromatic rings. The summed E-state index contributed by atoms with van der Waals surface area (Å²) in [6.07, 6.45) is 2.20. The van der Waals surface area contributed by atoms with E-state index in [-0.39, 0.29) is 23.8 Å². The van der Waals surface area contributed by atoms with Crippen molar-refractivity contribution in [3.05, 3.63) is 74.5 Å². The molecule has 2 aromatic carbocycles. The van der Waals surface area contributed by atoms with Crippen LogP contribution in [-0.2, 0) is 22.5 Å². The normalized spacial score (nSPS) is 18.3. The van der Waals surface area contributed by atoms with Crippen molar-refractivity contribution in [3.8, 4) is 11.3 Å². The highest BCUT2D eigenvalue weighted by Crippen LogP contribution is 2.53. The predicted molar refractivity (Wildman–Crippen MR) is 174 cm³/mol. The fraction of sp³-hybridized carbons (Fsp3) is 0.438. The largest absolute Gasteiger partial charge is 0.598 e. The van der Waals surface area contributed by atoms with Gasteiger partial charge >= 0.3 is 5.97 Å². The monoisotopic (exact) mass is 657 g/mol. The van der Waals surface area contributed by atoms with Crippen LogP contribution >= 0.6 is 23.2 Å². The lowest BCUT2D eigenvalue weighted by atomic mass is 9.73. The SMILES string of the molecule is CCOC(=O)c1nc(-c2cccc(Cl)c2Cl)c(C)nc1N1CCC2(CC1)Cc1ccc(C(N)=O)cc1[C@H]2N[S@+]([O-])C(C)(C)C. The Morgan fingerprint density at radius 2 is 1.89 bits per heavy atom. The fourth-order valence-corrected chi connectivity index (χ4v) is 7.43. The molecular weight excluding hydrogens is 621 g/mol. The van der Waals surface area contributed by atoms with E-state index in [1.807, 2.05) is 39.8 Å². The van der Waals surface area contributed by atoms with Crippen LogP contribution in [0.2, 0.25) is 10.0 Å². The van der Waals surface area contributed by atoms with E-state index in [0.717, 1.165) is 30.4 Å². The number of halogens is 2. The first-order valence-corrected chi connectivity index (χ1v) is 16.5. The van der Waals surface area contributed by atoms with E-state index in [2.05, 4.69) is 9.62 Å². The topological polar surface area (TPSA) is 134 Å². The number of hydrogen-bond acceptors (Lipinski definition) is 8. The second-order valence-corrected chi connectivity index (χ2v) is 15.2. The number of ether oxygens (including phenoxy) is 1. The first-order chi connectivity index (χ1) is 20.8. The van der Waals surface area contributed by atoms with Crippen LogP contribution in [0, 0.1) is 12.3 Å². The second kappa shape index (κ2) is 12.5. The number of primary amides is 1.